The molecule has 0 amide bonds. The number of ether oxygens (including phenoxy) is 1. The van der Waals surface area contributed by atoms with Crippen LogP contribution in [-0.2, 0) is 11.3 Å². The molecule has 8 nitrogen and oxygen atoms in total. The van der Waals surface area contributed by atoms with Crippen LogP contribution < -0.4 is 5.32 Å². The van der Waals surface area contributed by atoms with Gasteiger partial charge in [-0.2, -0.15) is 5.10 Å². The molecule has 8 heteroatoms. The molecule has 0 saturated carbocycles. The molecular weight excluding hydrogens is 372 g/mol. The number of ketones is 1. The summed E-state index contributed by atoms with van der Waals surface area (Å²) in [5.74, 6) is -0.260. The van der Waals surface area contributed by atoms with Gasteiger partial charge in [-0.25, -0.2) is 0 Å². The number of nitro benzene ring substituents is 1. The lowest BCUT2D eigenvalue weighted by molar-refractivity contribution is -0.383. The Labute approximate surface area is 167 Å². The van der Waals surface area contributed by atoms with Crippen molar-refractivity contribution in [1.29, 1.82) is 0 Å². The first kappa shape index (κ1) is 18.8. The quantitative estimate of drug-likeness (QED) is 0.371. The van der Waals surface area contributed by atoms with Crippen molar-refractivity contribution in [1.82, 2.24) is 9.78 Å². The van der Waals surface area contributed by atoms with Crippen molar-refractivity contribution in [3.05, 3.63) is 82.2 Å². The Hall–Kier alpha value is -3.52. The molecule has 148 valence electrons. The van der Waals surface area contributed by atoms with Crippen LogP contribution in [0.4, 0.5) is 17.1 Å². The lowest BCUT2D eigenvalue weighted by Crippen LogP contribution is -2.15. The van der Waals surface area contributed by atoms with Crippen LogP contribution in [0.3, 0.4) is 0 Å². The minimum absolute atomic E-state index is 0.153. The van der Waals surface area contributed by atoms with E-state index in [0.29, 0.717) is 23.5 Å². The topological polar surface area (TPSA) is 99.3 Å². The van der Waals surface area contributed by atoms with Crippen LogP contribution in [-0.4, -0.2) is 33.2 Å². The van der Waals surface area contributed by atoms with Gasteiger partial charge >= 0.3 is 0 Å². The normalized spacial score (nSPS) is 15.9. The van der Waals surface area contributed by atoms with Crippen LogP contribution in [0, 0.1) is 10.1 Å². The van der Waals surface area contributed by atoms with Crippen molar-refractivity contribution in [3.63, 3.8) is 0 Å². The molecule has 0 aliphatic carbocycles. The second kappa shape index (κ2) is 8.24. The van der Waals surface area contributed by atoms with E-state index in [-0.39, 0.29) is 23.1 Å². The van der Waals surface area contributed by atoms with Crippen LogP contribution in [0.25, 0.3) is 0 Å². The van der Waals surface area contributed by atoms with Gasteiger partial charge in [0.15, 0.2) is 5.78 Å². The molecule has 2 aromatic carbocycles. The van der Waals surface area contributed by atoms with Gasteiger partial charge in [-0.05, 0) is 25.0 Å². The zero-order valence-corrected chi connectivity index (χ0v) is 15.7. The summed E-state index contributed by atoms with van der Waals surface area (Å²) in [4.78, 5) is 23.7. The number of nitrogens with zero attached hydrogens (tertiary/aromatic N) is 3. The Morgan fingerprint density at radius 1 is 1.24 bits per heavy atom. The number of carbonyl (C=O) groups is 1. The van der Waals surface area contributed by atoms with Gasteiger partial charge < -0.3 is 10.1 Å². The Morgan fingerprint density at radius 3 is 2.79 bits per heavy atom. The molecule has 1 fully saturated rings. The molecule has 29 heavy (non-hydrogen) atoms. The summed E-state index contributed by atoms with van der Waals surface area (Å²) in [7, 11) is 0. The zero-order chi connectivity index (χ0) is 20.2. The van der Waals surface area contributed by atoms with Crippen LogP contribution in [0.1, 0.15) is 28.8 Å². The maximum atomic E-state index is 12.6. The number of anilines is 2. The highest BCUT2D eigenvalue weighted by molar-refractivity contribution is 6.09. The van der Waals surface area contributed by atoms with Crippen molar-refractivity contribution in [2.24, 2.45) is 0 Å². The lowest BCUT2D eigenvalue weighted by Gasteiger charge is -2.09. The summed E-state index contributed by atoms with van der Waals surface area (Å²) in [6.07, 6.45) is 5.61. The van der Waals surface area contributed by atoms with Crippen LogP contribution >= 0.6 is 0 Å². The van der Waals surface area contributed by atoms with Crippen molar-refractivity contribution >= 4 is 22.8 Å². The van der Waals surface area contributed by atoms with E-state index in [2.05, 4.69) is 10.4 Å². The number of hydrogen-bond acceptors (Lipinski definition) is 6. The maximum absolute atomic E-state index is 12.6. The highest BCUT2D eigenvalue weighted by Crippen LogP contribution is 2.29. The molecule has 1 atom stereocenters. The summed E-state index contributed by atoms with van der Waals surface area (Å²) in [5.41, 5.74) is 1.52. The molecule has 0 radical (unpaired) electrons. The summed E-state index contributed by atoms with van der Waals surface area (Å²) < 4.78 is 7.37. The van der Waals surface area contributed by atoms with E-state index >= 15 is 0 Å². The van der Waals surface area contributed by atoms with Gasteiger partial charge in [-0.3, -0.25) is 19.6 Å². The summed E-state index contributed by atoms with van der Waals surface area (Å²) >= 11 is 0. The van der Waals surface area contributed by atoms with E-state index in [0.717, 1.165) is 19.4 Å². The number of nitrogens with one attached hydrogen (secondary N) is 1. The maximum Gasteiger partial charge on any atom is 0.293 e. The van der Waals surface area contributed by atoms with E-state index in [9.17, 15) is 14.9 Å². The number of aromatic nitrogens is 2. The first-order valence-electron chi connectivity index (χ1n) is 9.39. The van der Waals surface area contributed by atoms with Gasteiger partial charge in [-0.1, -0.05) is 30.3 Å². The van der Waals surface area contributed by atoms with Crippen molar-refractivity contribution in [2.75, 3.05) is 11.9 Å². The standard InChI is InChI=1S/C21H20N4O4/c26-21(15-5-2-1-3-6-15)16-8-9-19(20(11-16)25(27)28)23-17-12-22-24(13-17)14-18-7-4-10-29-18/h1-3,5-6,8-9,11-13,18,23H,4,7,10,14H2. The highest BCUT2D eigenvalue weighted by Gasteiger charge is 2.20. The fraction of sp³-hybridized carbons (Fsp3) is 0.238. The highest BCUT2D eigenvalue weighted by atomic mass is 16.6. The van der Waals surface area contributed by atoms with Crippen molar-refractivity contribution in [3.8, 4) is 0 Å². The largest absolute Gasteiger partial charge is 0.376 e. The van der Waals surface area contributed by atoms with Crippen LogP contribution in [0.5, 0.6) is 0 Å². The third kappa shape index (κ3) is 4.33. The molecule has 0 bridgehead atoms. The predicted molar refractivity (Wildman–Crippen MR) is 107 cm³/mol. The summed E-state index contributed by atoms with van der Waals surface area (Å²) in [6, 6.07) is 13.1. The first-order chi connectivity index (χ1) is 14.1. The van der Waals surface area contributed by atoms with Crippen LogP contribution in [0.2, 0.25) is 0 Å². The Balaban J connectivity index is 1.54. The number of benzene rings is 2. The molecule has 3 aromatic rings. The molecule has 1 unspecified atom stereocenters. The third-order valence-corrected chi connectivity index (χ3v) is 4.82. The molecule has 0 spiro atoms. The van der Waals surface area contributed by atoms with Gasteiger partial charge in [0.05, 0.1) is 29.5 Å². The van der Waals surface area contributed by atoms with E-state index in [1.807, 2.05) is 6.07 Å². The number of rotatable bonds is 7. The van der Waals surface area contributed by atoms with E-state index < -0.39 is 4.92 Å². The molecule has 2 heterocycles. The molecule has 4 rings (SSSR count). The van der Waals surface area contributed by atoms with E-state index in [1.54, 1.807) is 53.5 Å². The SMILES string of the molecule is O=C(c1ccccc1)c1ccc(Nc2cnn(CC3CCCO3)c2)c([N+](=O)[O-])c1. The van der Waals surface area contributed by atoms with E-state index in [4.69, 9.17) is 4.74 Å². The second-order valence-electron chi connectivity index (χ2n) is 6.90. The number of carbonyl (C=O) groups excluding carboxylic acids is 1. The van der Waals surface area contributed by atoms with Crippen molar-refractivity contribution < 1.29 is 14.5 Å². The molecule has 1 N–H and O–H groups in total. The minimum Gasteiger partial charge on any atom is -0.376 e. The van der Waals surface area contributed by atoms with Gasteiger partial charge in [0, 0.05) is 30.0 Å². The Bertz CT molecular complexity index is 1030. The monoisotopic (exact) mass is 392 g/mol. The van der Waals surface area contributed by atoms with Gasteiger partial charge in [0.1, 0.15) is 5.69 Å². The Morgan fingerprint density at radius 2 is 2.07 bits per heavy atom. The minimum atomic E-state index is -0.499. The van der Waals surface area contributed by atoms with Crippen molar-refractivity contribution in [2.45, 2.75) is 25.5 Å². The zero-order valence-electron chi connectivity index (χ0n) is 15.7. The fourth-order valence-electron chi connectivity index (χ4n) is 3.37. The number of hydrogen-bond donors (Lipinski definition) is 1. The molecule has 1 aliphatic rings. The average Bonchev–Trinajstić information content (AvgIpc) is 3.41. The summed E-state index contributed by atoms with van der Waals surface area (Å²) in [5, 5.41) is 18.9. The van der Waals surface area contributed by atoms with Gasteiger partial charge in [0.2, 0.25) is 0 Å². The first-order valence-corrected chi connectivity index (χ1v) is 9.39. The van der Waals surface area contributed by atoms with Crippen LogP contribution in [0.15, 0.2) is 60.9 Å². The van der Waals surface area contributed by atoms with Gasteiger partial charge in [0.25, 0.3) is 5.69 Å². The smallest absolute Gasteiger partial charge is 0.293 e. The Kier molecular flexibility index (Phi) is 5.35. The van der Waals surface area contributed by atoms with Gasteiger partial charge in [-0.15, -0.1) is 0 Å². The summed E-state index contributed by atoms with van der Waals surface area (Å²) in [6.45, 7) is 1.42. The number of nitro groups is 1. The predicted octanol–water partition coefficient (Wildman–Crippen LogP) is 3.94. The van der Waals surface area contributed by atoms with E-state index in [1.165, 1.54) is 6.07 Å². The fourth-order valence-corrected chi connectivity index (χ4v) is 3.37. The molecule has 1 aliphatic heterocycles. The molecule has 1 aromatic heterocycles. The molecule has 1 saturated heterocycles. The molecular formula is C21H20N4O4. The third-order valence-electron chi connectivity index (χ3n) is 4.82. The lowest BCUT2D eigenvalue weighted by atomic mass is 10.0. The second-order valence-corrected chi connectivity index (χ2v) is 6.90. The average molecular weight is 392 g/mol.